The van der Waals surface area contributed by atoms with Gasteiger partial charge in [-0.3, -0.25) is 14.9 Å². The van der Waals surface area contributed by atoms with Crippen LogP contribution in [0.4, 0.5) is 5.69 Å². The molecule has 0 amide bonds. The second-order valence-electron chi connectivity index (χ2n) is 3.53. The van der Waals surface area contributed by atoms with Gasteiger partial charge in [-0.1, -0.05) is 0 Å². The molecule has 9 heteroatoms. The Kier molecular flexibility index (Phi) is 3.38. The molecular formula is C10H7N3O5S. The quantitative estimate of drug-likeness (QED) is 0.659. The Balaban J connectivity index is 2.33. The van der Waals surface area contributed by atoms with E-state index in [1.54, 1.807) is 0 Å². The Hall–Kier alpha value is -2.55. The van der Waals surface area contributed by atoms with Crippen LogP contribution < -0.4 is 5.56 Å². The van der Waals surface area contributed by atoms with E-state index in [0.29, 0.717) is 5.69 Å². The van der Waals surface area contributed by atoms with Crippen molar-refractivity contribution in [3.05, 3.63) is 54.9 Å². The normalized spacial score (nSPS) is 10.3. The molecule has 0 atom stereocenters. The van der Waals surface area contributed by atoms with Crippen LogP contribution in [-0.4, -0.2) is 25.6 Å². The zero-order valence-electron chi connectivity index (χ0n) is 9.35. The highest BCUT2D eigenvalue weighted by atomic mass is 32.1. The largest absolute Gasteiger partial charge is 0.476 e. The number of carboxylic acids is 1. The number of rotatable bonds is 4. The highest BCUT2D eigenvalue weighted by molar-refractivity contribution is 7.11. The molecule has 98 valence electrons. The molecule has 0 aliphatic heterocycles. The molecule has 0 radical (unpaired) electrons. The molecule has 2 heterocycles. The number of hydrogen-bond donors (Lipinski definition) is 1. The minimum Gasteiger partial charge on any atom is -0.476 e. The SMILES string of the molecule is O=C(O)c1nc(Cn2cccc([N+](=O)[O-])c2=O)cs1. The Morgan fingerprint density at radius 3 is 2.89 bits per heavy atom. The monoisotopic (exact) mass is 281 g/mol. The summed E-state index contributed by atoms with van der Waals surface area (Å²) in [6, 6.07) is 2.49. The summed E-state index contributed by atoms with van der Waals surface area (Å²) in [4.78, 5) is 36.1. The molecule has 2 aromatic rings. The van der Waals surface area contributed by atoms with Crippen LogP contribution in [0.1, 0.15) is 15.5 Å². The lowest BCUT2D eigenvalue weighted by molar-refractivity contribution is -0.386. The van der Waals surface area contributed by atoms with Crippen molar-refractivity contribution in [3.63, 3.8) is 0 Å². The highest BCUT2D eigenvalue weighted by Gasteiger charge is 2.15. The summed E-state index contributed by atoms with van der Waals surface area (Å²) in [7, 11) is 0. The van der Waals surface area contributed by atoms with Gasteiger partial charge in [0.05, 0.1) is 17.2 Å². The van der Waals surface area contributed by atoms with Crippen molar-refractivity contribution in [2.24, 2.45) is 0 Å². The maximum atomic E-state index is 11.7. The standard InChI is InChI=1S/C10H7N3O5S/c14-9-7(13(17)18)2-1-3-12(9)4-6-5-19-8(11-6)10(15)16/h1-3,5H,4H2,(H,15,16). The second-order valence-corrected chi connectivity index (χ2v) is 4.39. The molecular weight excluding hydrogens is 274 g/mol. The Morgan fingerprint density at radius 1 is 1.58 bits per heavy atom. The maximum absolute atomic E-state index is 11.7. The summed E-state index contributed by atoms with van der Waals surface area (Å²) >= 11 is 0.933. The van der Waals surface area contributed by atoms with E-state index in [-0.39, 0.29) is 11.6 Å². The first-order valence-electron chi connectivity index (χ1n) is 5.00. The van der Waals surface area contributed by atoms with Gasteiger partial charge >= 0.3 is 17.2 Å². The van der Waals surface area contributed by atoms with E-state index in [1.807, 2.05) is 0 Å². The number of nitrogens with zero attached hydrogens (tertiary/aromatic N) is 3. The Bertz CT molecular complexity index is 705. The van der Waals surface area contributed by atoms with E-state index < -0.39 is 22.1 Å². The first-order chi connectivity index (χ1) is 8.99. The zero-order valence-corrected chi connectivity index (χ0v) is 10.2. The molecule has 2 aromatic heterocycles. The lowest BCUT2D eigenvalue weighted by Crippen LogP contribution is -2.22. The van der Waals surface area contributed by atoms with Gasteiger partial charge in [-0.05, 0) is 6.07 Å². The third-order valence-corrected chi connectivity index (χ3v) is 3.14. The topological polar surface area (TPSA) is 115 Å². The number of hydrogen-bond acceptors (Lipinski definition) is 6. The number of nitro groups is 1. The summed E-state index contributed by atoms with van der Waals surface area (Å²) < 4.78 is 1.11. The van der Waals surface area contributed by atoms with E-state index in [1.165, 1.54) is 17.6 Å². The molecule has 0 unspecified atom stereocenters. The number of aromatic carboxylic acids is 1. The third-order valence-electron chi connectivity index (χ3n) is 2.26. The minimum atomic E-state index is -1.15. The van der Waals surface area contributed by atoms with Crippen molar-refractivity contribution in [3.8, 4) is 0 Å². The van der Waals surface area contributed by atoms with Crippen molar-refractivity contribution in [1.29, 1.82) is 0 Å². The molecule has 1 N–H and O–H groups in total. The van der Waals surface area contributed by atoms with E-state index in [9.17, 15) is 19.7 Å². The fourth-order valence-electron chi connectivity index (χ4n) is 1.44. The molecule has 0 saturated carbocycles. The molecule has 0 aromatic carbocycles. The smallest absolute Gasteiger partial charge is 0.365 e. The summed E-state index contributed by atoms with van der Waals surface area (Å²) in [5.41, 5.74) is -0.918. The molecule has 0 fully saturated rings. The minimum absolute atomic E-state index is 0.00963. The van der Waals surface area contributed by atoms with Gasteiger partial charge in [0.2, 0.25) is 5.01 Å². The van der Waals surface area contributed by atoms with Crippen LogP contribution in [0, 0.1) is 10.1 Å². The maximum Gasteiger partial charge on any atom is 0.365 e. The highest BCUT2D eigenvalue weighted by Crippen LogP contribution is 2.11. The van der Waals surface area contributed by atoms with Gasteiger partial charge in [-0.2, -0.15) is 0 Å². The number of carbonyl (C=O) groups is 1. The predicted octanol–water partition coefficient (Wildman–Crippen LogP) is 0.959. The van der Waals surface area contributed by atoms with E-state index in [2.05, 4.69) is 4.98 Å². The van der Waals surface area contributed by atoms with Gasteiger partial charge in [0.25, 0.3) is 0 Å². The zero-order chi connectivity index (χ0) is 14.0. The number of thiazole rings is 1. The molecule has 0 bridgehead atoms. The summed E-state index contributed by atoms with van der Waals surface area (Å²) in [5.74, 6) is -1.15. The summed E-state index contributed by atoms with van der Waals surface area (Å²) in [5, 5.41) is 20.8. The van der Waals surface area contributed by atoms with Crippen LogP contribution in [0.15, 0.2) is 28.5 Å². The van der Waals surface area contributed by atoms with Crippen molar-refractivity contribution < 1.29 is 14.8 Å². The van der Waals surface area contributed by atoms with Crippen molar-refractivity contribution in [2.75, 3.05) is 0 Å². The van der Waals surface area contributed by atoms with Crippen LogP contribution in [0.2, 0.25) is 0 Å². The van der Waals surface area contributed by atoms with E-state index in [0.717, 1.165) is 22.0 Å². The Morgan fingerprint density at radius 2 is 2.32 bits per heavy atom. The van der Waals surface area contributed by atoms with Gasteiger partial charge in [-0.15, -0.1) is 11.3 Å². The van der Waals surface area contributed by atoms with Crippen LogP contribution >= 0.6 is 11.3 Å². The average molecular weight is 281 g/mol. The van der Waals surface area contributed by atoms with Crippen molar-refractivity contribution in [2.45, 2.75) is 6.54 Å². The molecule has 19 heavy (non-hydrogen) atoms. The summed E-state index contributed by atoms with van der Waals surface area (Å²) in [6.07, 6.45) is 1.38. The molecule has 2 rings (SSSR count). The molecule has 0 spiro atoms. The first-order valence-corrected chi connectivity index (χ1v) is 5.88. The van der Waals surface area contributed by atoms with Gasteiger partial charge in [0.1, 0.15) is 0 Å². The fraction of sp³-hybridized carbons (Fsp3) is 0.100. The van der Waals surface area contributed by atoms with Crippen molar-refractivity contribution in [1.82, 2.24) is 9.55 Å². The van der Waals surface area contributed by atoms with Gasteiger partial charge in [0.15, 0.2) is 0 Å². The number of carboxylic acid groups (broad SMARTS) is 1. The van der Waals surface area contributed by atoms with Gasteiger partial charge < -0.3 is 9.67 Å². The van der Waals surface area contributed by atoms with Crippen LogP contribution in [0.25, 0.3) is 0 Å². The molecule has 8 nitrogen and oxygen atoms in total. The second kappa shape index (κ2) is 4.98. The number of aromatic nitrogens is 2. The Labute approximate surface area is 109 Å². The van der Waals surface area contributed by atoms with E-state index >= 15 is 0 Å². The van der Waals surface area contributed by atoms with Gasteiger partial charge in [0, 0.05) is 17.6 Å². The lowest BCUT2D eigenvalue weighted by Gasteiger charge is -2.01. The summed E-state index contributed by atoms with van der Waals surface area (Å²) in [6.45, 7) is -0.00963. The third kappa shape index (κ3) is 2.65. The predicted molar refractivity (Wildman–Crippen MR) is 65.5 cm³/mol. The molecule has 0 aliphatic rings. The fourth-order valence-corrected chi connectivity index (χ4v) is 2.09. The van der Waals surface area contributed by atoms with Crippen LogP contribution in [0.3, 0.4) is 0 Å². The van der Waals surface area contributed by atoms with Crippen molar-refractivity contribution >= 4 is 23.0 Å². The van der Waals surface area contributed by atoms with Gasteiger partial charge in [-0.25, -0.2) is 9.78 Å². The molecule has 0 saturated heterocycles. The molecule has 0 aliphatic carbocycles. The van der Waals surface area contributed by atoms with Crippen LogP contribution in [-0.2, 0) is 6.54 Å². The van der Waals surface area contributed by atoms with Crippen LogP contribution in [0.5, 0.6) is 0 Å². The average Bonchev–Trinajstić information content (AvgIpc) is 2.80. The first kappa shape index (κ1) is 12.9. The number of pyridine rings is 1. The lowest BCUT2D eigenvalue weighted by atomic mass is 10.4. The van der Waals surface area contributed by atoms with E-state index in [4.69, 9.17) is 5.11 Å².